The molecule has 1 heteroatoms. The minimum Gasteiger partial charge on any atom is -0.294 e. The number of hydrogen-bond acceptors (Lipinski definition) is 1. The number of allylic oxidation sites excluding steroid dienone is 4. The average Bonchev–Trinajstić information content (AvgIpc) is 1.82. The van der Waals surface area contributed by atoms with Crippen LogP contribution < -0.4 is 0 Å². The summed E-state index contributed by atoms with van der Waals surface area (Å²) in [6.07, 6.45) is 3.93. The highest BCUT2D eigenvalue weighted by atomic mass is 16.1. The molecular formula is C9H12O. The van der Waals surface area contributed by atoms with Crippen molar-refractivity contribution in [2.24, 2.45) is 5.92 Å². The monoisotopic (exact) mass is 136 g/mol. The van der Waals surface area contributed by atoms with Gasteiger partial charge < -0.3 is 0 Å². The lowest BCUT2D eigenvalue weighted by Gasteiger charge is -2.11. The molecule has 0 radical (unpaired) electrons. The van der Waals surface area contributed by atoms with Gasteiger partial charge in [0, 0.05) is 5.92 Å². The average molecular weight is 136 g/mol. The Morgan fingerprint density at radius 1 is 1.40 bits per heavy atom. The van der Waals surface area contributed by atoms with Gasteiger partial charge in [0.2, 0.25) is 0 Å². The van der Waals surface area contributed by atoms with Crippen molar-refractivity contribution in [3.8, 4) is 0 Å². The van der Waals surface area contributed by atoms with Crippen molar-refractivity contribution >= 4 is 5.78 Å². The smallest absolute Gasteiger partial charge is 0.165 e. The van der Waals surface area contributed by atoms with E-state index in [2.05, 4.69) is 0 Å². The van der Waals surface area contributed by atoms with E-state index in [9.17, 15) is 4.79 Å². The van der Waals surface area contributed by atoms with Crippen molar-refractivity contribution in [2.75, 3.05) is 0 Å². The Morgan fingerprint density at radius 2 is 2.00 bits per heavy atom. The second-order valence-corrected chi connectivity index (χ2v) is 2.89. The SMILES string of the molecule is CC1=CC(C)C(=O)C(C)=C1. The van der Waals surface area contributed by atoms with Crippen LogP contribution in [-0.4, -0.2) is 5.78 Å². The third-order valence-electron chi connectivity index (χ3n) is 1.76. The summed E-state index contributed by atoms with van der Waals surface area (Å²) in [6.45, 7) is 5.82. The summed E-state index contributed by atoms with van der Waals surface area (Å²) in [4.78, 5) is 11.2. The zero-order valence-corrected chi connectivity index (χ0v) is 6.64. The van der Waals surface area contributed by atoms with Crippen molar-refractivity contribution in [1.29, 1.82) is 0 Å². The molecule has 0 aromatic rings. The van der Waals surface area contributed by atoms with E-state index in [0.29, 0.717) is 0 Å². The maximum Gasteiger partial charge on any atom is 0.165 e. The minimum atomic E-state index is 0.0880. The fourth-order valence-corrected chi connectivity index (χ4v) is 1.29. The maximum absolute atomic E-state index is 11.2. The minimum absolute atomic E-state index is 0.0880. The van der Waals surface area contributed by atoms with Crippen molar-refractivity contribution in [2.45, 2.75) is 20.8 Å². The van der Waals surface area contributed by atoms with Crippen LogP contribution in [0, 0.1) is 5.92 Å². The van der Waals surface area contributed by atoms with Crippen molar-refractivity contribution in [1.82, 2.24) is 0 Å². The first-order chi connectivity index (χ1) is 4.61. The lowest BCUT2D eigenvalue weighted by molar-refractivity contribution is -0.117. The highest BCUT2D eigenvalue weighted by Gasteiger charge is 2.15. The molecule has 1 unspecified atom stereocenters. The molecule has 10 heavy (non-hydrogen) atoms. The number of carbonyl (C=O) groups excluding carboxylic acids is 1. The number of carbonyl (C=O) groups is 1. The molecule has 0 aliphatic heterocycles. The van der Waals surface area contributed by atoms with Gasteiger partial charge in [-0.3, -0.25) is 4.79 Å². The molecule has 1 nitrogen and oxygen atoms in total. The van der Waals surface area contributed by atoms with Gasteiger partial charge in [0.1, 0.15) is 0 Å². The Balaban J connectivity index is 2.95. The predicted molar refractivity (Wildman–Crippen MR) is 41.7 cm³/mol. The van der Waals surface area contributed by atoms with E-state index in [4.69, 9.17) is 0 Å². The Kier molecular flexibility index (Phi) is 1.75. The number of Topliss-reactive ketones (excluding diaryl/α,β-unsaturated/α-hetero) is 1. The van der Waals surface area contributed by atoms with E-state index in [0.717, 1.165) is 5.57 Å². The summed E-state index contributed by atoms with van der Waals surface area (Å²) in [6, 6.07) is 0. The highest BCUT2D eigenvalue weighted by Crippen LogP contribution is 2.17. The van der Waals surface area contributed by atoms with E-state index in [1.807, 2.05) is 32.9 Å². The maximum atomic E-state index is 11.2. The molecule has 1 rings (SSSR count). The summed E-state index contributed by atoms with van der Waals surface area (Å²) in [7, 11) is 0. The van der Waals surface area contributed by atoms with Gasteiger partial charge in [0.15, 0.2) is 5.78 Å². The lowest BCUT2D eigenvalue weighted by Crippen LogP contribution is -2.13. The van der Waals surface area contributed by atoms with Gasteiger partial charge in [0.25, 0.3) is 0 Å². The lowest BCUT2D eigenvalue weighted by atomic mass is 9.92. The third kappa shape index (κ3) is 1.18. The molecule has 0 amide bonds. The molecule has 0 aromatic heterocycles. The fraction of sp³-hybridized carbons (Fsp3) is 0.444. The van der Waals surface area contributed by atoms with Crippen LogP contribution in [-0.2, 0) is 4.79 Å². The van der Waals surface area contributed by atoms with Gasteiger partial charge in [0.05, 0.1) is 0 Å². The second-order valence-electron chi connectivity index (χ2n) is 2.89. The first kappa shape index (κ1) is 7.26. The Labute approximate surface area is 61.4 Å². The predicted octanol–water partition coefficient (Wildman–Crippen LogP) is 2.10. The largest absolute Gasteiger partial charge is 0.294 e. The Hall–Kier alpha value is -0.850. The summed E-state index contributed by atoms with van der Waals surface area (Å²) >= 11 is 0. The molecular weight excluding hydrogens is 124 g/mol. The van der Waals surface area contributed by atoms with Crippen LogP contribution in [0.15, 0.2) is 23.3 Å². The number of ketones is 1. The zero-order chi connectivity index (χ0) is 7.72. The van der Waals surface area contributed by atoms with Crippen LogP contribution in [0.5, 0.6) is 0 Å². The topological polar surface area (TPSA) is 17.1 Å². The molecule has 1 aliphatic rings. The summed E-state index contributed by atoms with van der Waals surface area (Å²) in [5.41, 5.74) is 2.08. The van der Waals surface area contributed by atoms with Gasteiger partial charge in [-0.25, -0.2) is 0 Å². The van der Waals surface area contributed by atoms with Crippen molar-refractivity contribution in [3.05, 3.63) is 23.3 Å². The fourth-order valence-electron chi connectivity index (χ4n) is 1.29. The van der Waals surface area contributed by atoms with Gasteiger partial charge >= 0.3 is 0 Å². The van der Waals surface area contributed by atoms with Crippen LogP contribution in [0.2, 0.25) is 0 Å². The molecule has 0 aromatic carbocycles. The van der Waals surface area contributed by atoms with E-state index < -0.39 is 0 Å². The Morgan fingerprint density at radius 3 is 2.50 bits per heavy atom. The zero-order valence-electron chi connectivity index (χ0n) is 6.64. The molecule has 0 saturated heterocycles. The number of rotatable bonds is 0. The van der Waals surface area contributed by atoms with Gasteiger partial charge in [-0.15, -0.1) is 0 Å². The molecule has 1 aliphatic carbocycles. The van der Waals surface area contributed by atoms with E-state index in [-0.39, 0.29) is 11.7 Å². The van der Waals surface area contributed by atoms with Crippen LogP contribution in [0.4, 0.5) is 0 Å². The normalized spacial score (nSPS) is 25.9. The van der Waals surface area contributed by atoms with Gasteiger partial charge in [-0.05, 0) is 19.4 Å². The van der Waals surface area contributed by atoms with Crippen LogP contribution in [0.3, 0.4) is 0 Å². The standard InChI is InChI=1S/C9H12O/c1-6-4-7(2)9(10)8(3)5-6/h4-5,7H,1-3H3. The molecule has 0 heterocycles. The molecule has 0 N–H and O–H groups in total. The molecule has 54 valence electrons. The van der Waals surface area contributed by atoms with Crippen LogP contribution in [0.25, 0.3) is 0 Å². The van der Waals surface area contributed by atoms with Gasteiger partial charge in [-0.2, -0.15) is 0 Å². The summed E-state index contributed by atoms with van der Waals surface area (Å²) in [5, 5.41) is 0. The quantitative estimate of drug-likeness (QED) is 0.498. The van der Waals surface area contributed by atoms with E-state index in [1.165, 1.54) is 5.57 Å². The van der Waals surface area contributed by atoms with E-state index >= 15 is 0 Å². The first-order valence-electron chi connectivity index (χ1n) is 3.52. The number of hydrogen-bond donors (Lipinski definition) is 0. The van der Waals surface area contributed by atoms with Crippen molar-refractivity contribution in [3.63, 3.8) is 0 Å². The molecule has 1 atom stereocenters. The third-order valence-corrected chi connectivity index (χ3v) is 1.76. The summed E-state index contributed by atoms with van der Waals surface area (Å²) < 4.78 is 0. The molecule has 0 spiro atoms. The molecule has 0 saturated carbocycles. The Bertz CT molecular complexity index is 221. The van der Waals surface area contributed by atoms with Gasteiger partial charge in [-0.1, -0.05) is 24.6 Å². The van der Waals surface area contributed by atoms with Crippen LogP contribution in [0.1, 0.15) is 20.8 Å². The first-order valence-corrected chi connectivity index (χ1v) is 3.52. The van der Waals surface area contributed by atoms with E-state index in [1.54, 1.807) is 0 Å². The summed E-state index contributed by atoms with van der Waals surface area (Å²) in [5.74, 6) is 0.343. The molecule has 0 fully saturated rings. The van der Waals surface area contributed by atoms with Crippen LogP contribution >= 0.6 is 0 Å². The molecule has 0 bridgehead atoms. The van der Waals surface area contributed by atoms with Crippen molar-refractivity contribution < 1.29 is 4.79 Å². The second kappa shape index (κ2) is 2.41. The highest BCUT2D eigenvalue weighted by molar-refractivity contribution is 5.99.